The summed E-state index contributed by atoms with van der Waals surface area (Å²) < 4.78 is 0. The highest BCUT2D eigenvalue weighted by Crippen LogP contribution is 2.06. The Bertz CT molecular complexity index is 161. The molecule has 0 spiro atoms. The van der Waals surface area contributed by atoms with Gasteiger partial charge in [-0.2, -0.15) is 0 Å². The Labute approximate surface area is 51.9 Å². The first-order chi connectivity index (χ1) is 4.34. The third-order valence-electron chi connectivity index (χ3n) is 0.896. The van der Waals surface area contributed by atoms with Crippen molar-refractivity contribution in [2.45, 2.75) is 12.6 Å². The Morgan fingerprint density at radius 3 is 2.44 bits per heavy atom. The molecule has 0 amide bonds. The van der Waals surface area contributed by atoms with Gasteiger partial charge in [0.1, 0.15) is 0 Å². The number of carbonyl (C=O) groups excluding carboxylic acids is 1. The highest BCUT2D eigenvalue weighted by Gasteiger charge is 2.16. The SMILES string of the molecule is [CH2]CC(=O)C1N=NN=N1. The van der Waals surface area contributed by atoms with Crippen LogP contribution in [0.3, 0.4) is 0 Å². The zero-order chi connectivity index (χ0) is 6.69. The van der Waals surface area contributed by atoms with Crippen molar-refractivity contribution >= 4 is 5.78 Å². The number of ketones is 1. The lowest BCUT2D eigenvalue weighted by Crippen LogP contribution is -2.11. The summed E-state index contributed by atoms with van der Waals surface area (Å²) in [7, 11) is 0. The normalized spacial score (nSPS) is 17.0. The van der Waals surface area contributed by atoms with Gasteiger partial charge in [0, 0.05) is 6.42 Å². The molecule has 5 nitrogen and oxygen atoms in total. The monoisotopic (exact) mass is 125 g/mol. The highest BCUT2D eigenvalue weighted by atomic mass is 16.1. The van der Waals surface area contributed by atoms with Gasteiger partial charge in [0.05, 0.1) is 0 Å². The lowest BCUT2D eigenvalue weighted by Gasteiger charge is -1.92. The van der Waals surface area contributed by atoms with Gasteiger partial charge in [0.2, 0.25) is 6.17 Å². The second-order valence-corrected chi connectivity index (χ2v) is 1.50. The molecule has 1 radical (unpaired) electrons. The molecule has 0 saturated carbocycles. The summed E-state index contributed by atoms with van der Waals surface area (Å²) in [6.07, 6.45) is -0.523. The van der Waals surface area contributed by atoms with Gasteiger partial charge < -0.3 is 0 Å². The fraction of sp³-hybridized carbons (Fsp3) is 0.500. The maximum Gasteiger partial charge on any atom is 0.242 e. The van der Waals surface area contributed by atoms with Crippen LogP contribution in [0.4, 0.5) is 0 Å². The van der Waals surface area contributed by atoms with Crippen molar-refractivity contribution in [2.75, 3.05) is 0 Å². The summed E-state index contributed by atoms with van der Waals surface area (Å²) >= 11 is 0. The van der Waals surface area contributed by atoms with Gasteiger partial charge in [-0.25, -0.2) is 0 Å². The molecule has 0 fully saturated rings. The van der Waals surface area contributed by atoms with Crippen molar-refractivity contribution < 1.29 is 4.79 Å². The minimum Gasteiger partial charge on any atom is -0.295 e. The number of rotatable bonds is 2. The zero-order valence-electron chi connectivity index (χ0n) is 4.69. The second kappa shape index (κ2) is 2.43. The Hall–Kier alpha value is -1.13. The Balaban J connectivity index is 2.53. The molecule has 0 aromatic carbocycles. The van der Waals surface area contributed by atoms with Crippen LogP contribution in [0, 0.1) is 6.92 Å². The lowest BCUT2D eigenvalue weighted by atomic mass is 10.3. The molecule has 0 saturated heterocycles. The third kappa shape index (κ3) is 1.16. The van der Waals surface area contributed by atoms with E-state index in [1.807, 2.05) is 0 Å². The molecule has 9 heavy (non-hydrogen) atoms. The smallest absolute Gasteiger partial charge is 0.242 e. The molecular formula is C4H5N4O. The van der Waals surface area contributed by atoms with Gasteiger partial charge in [0.25, 0.3) is 0 Å². The van der Waals surface area contributed by atoms with E-state index in [9.17, 15) is 4.79 Å². The van der Waals surface area contributed by atoms with Crippen LogP contribution in [0.15, 0.2) is 20.7 Å². The maximum atomic E-state index is 10.6. The second-order valence-electron chi connectivity index (χ2n) is 1.50. The van der Waals surface area contributed by atoms with Crippen LogP contribution in [-0.2, 0) is 4.79 Å². The Morgan fingerprint density at radius 2 is 2.00 bits per heavy atom. The molecule has 0 bridgehead atoms. The van der Waals surface area contributed by atoms with E-state index in [0.717, 1.165) is 0 Å². The average molecular weight is 125 g/mol. The van der Waals surface area contributed by atoms with E-state index < -0.39 is 6.17 Å². The predicted octanol–water partition coefficient (Wildman–Crippen LogP) is 0.939. The molecule has 1 aliphatic heterocycles. The van der Waals surface area contributed by atoms with Crippen LogP contribution < -0.4 is 0 Å². The molecule has 5 heteroatoms. The van der Waals surface area contributed by atoms with Crippen molar-refractivity contribution in [1.29, 1.82) is 0 Å². The van der Waals surface area contributed by atoms with E-state index in [1.54, 1.807) is 0 Å². The predicted molar refractivity (Wildman–Crippen MR) is 28.5 cm³/mol. The summed E-state index contributed by atoms with van der Waals surface area (Å²) in [5.41, 5.74) is 0. The van der Waals surface area contributed by atoms with Crippen LogP contribution in [0.25, 0.3) is 0 Å². The molecule has 1 rings (SSSR count). The Morgan fingerprint density at radius 1 is 1.44 bits per heavy atom. The number of hydrogen-bond acceptors (Lipinski definition) is 5. The van der Waals surface area contributed by atoms with Crippen molar-refractivity contribution in [2.24, 2.45) is 20.7 Å². The van der Waals surface area contributed by atoms with Gasteiger partial charge >= 0.3 is 0 Å². The quantitative estimate of drug-likeness (QED) is 0.541. The standard InChI is InChI=1S/C4H5N4O/c1-2-3(9)4-5-7-8-6-4/h4H,1-2H2. The highest BCUT2D eigenvalue weighted by molar-refractivity contribution is 5.84. The van der Waals surface area contributed by atoms with E-state index in [0.29, 0.717) is 0 Å². The molecule has 0 atom stereocenters. The first-order valence-electron chi connectivity index (χ1n) is 2.46. The van der Waals surface area contributed by atoms with Crippen molar-refractivity contribution in [3.8, 4) is 0 Å². The van der Waals surface area contributed by atoms with Crippen molar-refractivity contribution in [3.05, 3.63) is 6.92 Å². The zero-order valence-corrected chi connectivity index (χ0v) is 4.69. The maximum absolute atomic E-state index is 10.6. The van der Waals surface area contributed by atoms with Crippen LogP contribution in [0.5, 0.6) is 0 Å². The van der Waals surface area contributed by atoms with Crippen LogP contribution >= 0.6 is 0 Å². The molecule has 0 aromatic heterocycles. The largest absolute Gasteiger partial charge is 0.295 e. The topological polar surface area (TPSA) is 66.5 Å². The van der Waals surface area contributed by atoms with Gasteiger partial charge in [-0.3, -0.25) is 4.79 Å². The van der Waals surface area contributed by atoms with Crippen LogP contribution in [0.1, 0.15) is 6.42 Å². The lowest BCUT2D eigenvalue weighted by molar-refractivity contribution is -0.119. The summed E-state index contributed by atoms with van der Waals surface area (Å²) in [6.45, 7) is 3.38. The van der Waals surface area contributed by atoms with Crippen molar-refractivity contribution in [3.63, 3.8) is 0 Å². The first-order valence-corrected chi connectivity index (χ1v) is 2.46. The van der Waals surface area contributed by atoms with E-state index in [-0.39, 0.29) is 12.2 Å². The average Bonchev–Trinajstić information content (AvgIpc) is 2.37. The summed E-state index contributed by atoms with van der Waals surface area (Å²) in [4.78, 5) is 10.6. The van der Waals surface area contributed by atoms with E-state index in [2.05, 4.69) is 27.6 Å². The van der Waals surface area contributed by atoms with E-state index >= 15 is 0 Å². The summed E-state index contributed by atoms with van der Waals surface area (Å²) in [5.74, 6) is -0.153. The fourth-order valence-electron chi connectivity index (χ4n) is 0.425. The molecule has 0 unspecified atom stereocenters. The van der Waals surface area contributed by atoms with E-state index in [4.69, 9.17) is 0 Å². The Kier molecular flexibility index (Phi) is 1.62. The first kappa shape index (κ1) is 6.00. The molecule has 0 aliphatic carbocycles. The third-order valence-corrected chi connectivity index (χ3v) is 0.896. The number of carbonyl (C=O) groups is 1. The minimum atomic E-state index is -0.706. The summed E-state index contributed by atoms with van der Waals surface area (Å²) in [5, 5.41) is 13.2. The number of nitrogens with zero attached hydrogens (tertiary/aromatic N) is 4. The molecule has 1 aliphatic rings. The van der Waals surface area contributed by atoms with Gasteiger partial charge in [-0.05, 0) is 17.4 Å². The molecular weight excluding hydrogens is 120 g/mol. The fourth-order valence-corrected chi connectivity index (χ4v) is 0.425. The van der Waals surface area contributed by atoms with Crippen LogP contribution in [-0.4, -0.2) is 11.9 Å². The van der Waals surface area contributed by atoms with Crippen molar-refractivity contribution in [1.82, 2.24) is 0 Å². The molecule has 0 N–H and O–H groups in total. The number of Topliss-reactive ketones (excluding diaryl/α,β-unsaturated/α-hetero) is 1. The molecule has 1 heterocycles. The summed E-state index contributed by atoms with van der Waals surface area (Å²) in [6, 6.07) is 0. The molecule has 47 valence electrons. The van der Waals surface area contributed by atoms with Gasteiger partial charge in [-0.1, -0.05) is 0 Å². The van der Waals surface area contributed by atoms with Crippen LogP contribution in [0.2, 0.25) is 0 Å². The van der Waals surface area contributed by atoms with E-state index in [1.165, 1.54) is 0 Å². The van der Waals surface area contributed by atoms with Gasteiger partial charge in [-0.15, -0.1) is 10.2 Å². The minimum absolute atomic E-state index is 0.153. The number of hydrogen-bond donors (Lipinski definition) is 0. The van der Waals surface area contributed by atoms with Gasteiger partial charge in [0.15, 0.2) is 5.78 Å². The molecule has 0 aromatic rings.